The Morgan fingerprint density at radius 1 is 1.38 bits per heavy atom. The van der Waals surface area contributed by atoms with Gasteiger partial charge >= 0.3 is 5.97 Å². The smallest absolute Gasteiger partial charge is 0.309 e. The number of halogens is 1. The number of hydrogen-bond acceptors (Lipinski definition) is 4. The van der Waals surface area contributed by atoms with E-state index in [0.29, 0.717) is 11.4 Å². The molecule has 1 N–H and O–H groups in total. The molecule has 2 heterocycles. The number of aromatic nitrogens is 2. The van der Waals surface area contributed by atoms with E-state index in [0.717, 1.165) is 8.66 Å². The van der Waals surface area contributed by atoms with Gasteiger partial charge in [0, 0.05) is 12.4 Å². The molecule has 0 spiro atoms. The summed E-state index contributed by atoms with van der Waals surface area (Å²) in [6.07, 6.45) is 2.96. The lowest BCUT2D eigenvalue weighted by Crippen LogP contribution is -2.04. The Balaban J connectivity index is 2.43. The van der Waals surface area contributed by atoms with Gasteiger partial charge < -0.3 is 5.11 Å². The molecule has 0 saturated carbocycles. The molecule has 2 rings (SSSR count). The van der Waals surface area contributed by atoms with Gasteiger partial charge in [0.2, 0.25) is 0 Å². The average molecular weight is 299 g/mol. The van der Waals surface area contributed by atoms with Crippen LogP contribution in [0.5, 0.6) is 0 Å². The second-order valence-electron chi connectivity index (χ2n) is 3.03. The van der Waals surface area contributed by atoms with Gasteiger partial charge in [0.1, 0.15) is 5.69 Å². The maximum Gasteiger partial charge on any atom is 0.309 e. The number of hydrogen-bond donors (Lipinski definition) is 1. The standard InChI is InChI=1S/C10H7BrN2O2S/c11-8-2-1-7(16-8)10-6(5-9(14)15)12-3-4-13-10/h1-4H,5H2,(H,14,15). The molecule has 16 heavy (non-hydrogen) atoms. The summed E-state index contributed by atoms with van der Waals surface area (Å²) in [6.45, 7) is 0. The van der Waals surface area contributed by atoms with Crippen molar-refractivity contribution in [1.82, 2.24) is 9.97 Å². The van der Waals surface area contributed by atoms with E-state index in [1.807, 2.05) is 12.1 Å². The molecule has 0 aliphatic carbocycles. The number of carbonyl (C=O) groups is 1. The summed E-state index contributed by atoms with van der Waals surface area (Å²) in [6, 6.07) is 3.79. The molecule has 0 radical (unpaired) electrons. The molecule has 0 unspecified atom stereocenters. The van der Waals surface area contributed by atoms with Gasteiger partial charge in [-0.1, -0.05) is 0 Å². The lowest BCUT2D eigenvalue weighted by Gasteiger charge is -2.02. The van der Waals surface area contributed by atoms with Crippen molar-refractivity contribution in [3.8, 4) is 10.6 Å². The van der Waals surface area contributed by atoms with E-state index < -0.39 is 5.97 Å². The lowest BCUT2D eigenvalue weighted by molar-refractivity contribution is -0.136. The first-order valence-corrected chi connectivity index (χ1v) is 6.05. The maximum absolute atomic E-state index is 10.7. The van der Waals surface area contributed by atoms with Crippen LogP contribution in [0.3, 0.4) is 0 Å². The Morgan fingerprint density at radius 3 is 2.75 bits per heavy atom. The third kappa shape index (κ3) is 2.45. The Hall–Kier alpha value is -1.27. The molecule has 2 aromatic rings. The summed E-state index contributed by atoms with van der Waals surface area (Å²) >= 11 is 4.86. The van der Waals surface area contributed by atoms with Crippen molar-refractivity contribution in [3.05, 3.63) is 34.0 Å². The minimum Gasteiger partial charge on any atom is -0.481 e. The van der Waals surface area contributed by atoms with Crippen LogP contribution in [0, 0.1) is 0 Å². The van der Waals surface area contributed by atoms with Crippen molar-refractivity contribution in [3.63, 3.8) is 0 Å². The second-order valence-corrected chi connectivity index (χ2v) is 5.49. The summed E-state index contributed by atoms with van der Waals surface area (Å²) in [5.41, 5.74) is 1.13. The minimum absolute atomic E-state index is 0.112. The van der Waals surface area contributed by atoms with Gasteiger partial charge in [0.05, 0.1) is 20.8 Å². The third-order valence-electron chi connectivity index (χ3n) is 1.90. The fourth-order valence-electron chi connectivity index (χ4n) is 1.29. The number of carboxylic acid groups (broad SMARTS) is 1. The van der Waals surface area contributed by atoms with Crippen molar-refractivity contribution in [2.75, 3.05) is 0 Å². The minimum atomic E-state index is -0.905. The first-order chi connectivity index (χ1) is 7.66. The molecule has 0 amide bonds. The topological polar surface area (TPSA) is 63.1 Å². The summed E-state index contributed by atoms with van der Waals surface area (Å²) in [7, 11) is 0. The molecule has 0 aromatic carbocycles. The number of rotatable bonds is 3. The quantitative estimate of drug-likeness (QED) is 0.946. The maximum atomic E-state index is 10.7. The Kier molecular flexibility index (Phi) is 3.31. The molecule has 0 aliphatic rings. The van der Waals surface area contributed by atoms with Gasteiger partial charge in [-0.2, -0.15) is 0 Å². The zero-order chi connectivity index (χ0) is 11.5. The van der Waals surface area contributed by atoms with E-state index in [1.54, 1.807) is 6.20 Å². The highest BCUT2D eigenvalue weighted by molar-refractivity contribution is 9.11. The molecule has 0 saturated heterocycles. The molecule has 0 aliphatic heterocycles. The van der Waals surface area contributed by atoms with Crippen LogP contribution >= 0.6 is 27.3 Å². The summed E-state index contributed by atoms with van der Waals surface area (Å²) in [5.74, 6) is -0.905. The van der Waals surface area contributed by atoms with Crippen LogP contribution in [0.15, 0.2) is 28.3 Å². The van der Waals surface area contributed by atoms with Gasteiger partial charge in [0.15, 0.2) is 0 Å². The predicted molar refractivity (Wildman–Crippen MR) is 64.4 cm³/mol. The zero-order valence-electron chi connectivity index (χ0n) is 8.05. The fraction of sp³-hybridized carbons (Fsp3) is 0.100. The Morgan fingerprint density at radius 2 is 2.12 bits per heavy atom. The van der Waals surface area contributed by atoms with Crippen molar-refractivity contribution >= 4 is 33.2 Å². The van der Waals surface area contributed by atoms with Crippen LogP contribution in [-0.2, 0) is 11.2 Å². The molecule has 6 heteroatoms. The predicted octanol–water partition coefficient (Wildman–Crippen LogP) is 2.59. The highest BCUT2D eigenvalue weighted by Gasteiger charge is 2.12. The van der Waals surface area contributed by atoms with E-state index in [9.17, 15) is 4.79 Å². The van der Waals surface area contributed by atoms with Gasteiger partial charge in [0.25, 0.3) is 0 Å². The number of nitrogens with zero attached hydrogens (tertiary/aromatic N) is 2. The SMILES string of the molecule is O=C(O)Cc1nccnc1-c1ccc(Br)s1. The normalized spacial score (nSPS) is 10.3. The highest BCUT2D eigenvalue weighted by Crippen LogP contribution is 2.31. The first-order valence-electron chi connectivity index (χ1n) is 4.44. The summed E-state index contributed by atoms with van der Waals surface area (Å²) < 4.78 is 0.981. The molecule has 82 valence electrons. The Bertz CT molecular complexity index is 527. The van der Waals surface area contributed by atoms with Crippen LogP contribution in [-0.4, -0.2) is 21.0 Å². The van der Waals surface area contributed by atoms with Crippen LogP contribution in [0.25, 0.3) is 10.6 Å². The van der Waals surface area contributed by atoms with Crippen molar-refractivity contribution in [1.29, 1.82) is 0 Å². The summed E-state index contributed by atoms with van der Waals surface area (Å²) in [5, 5.41) is 8.77. The van der Waals surface area contributed by atoms with Gasteiger partial charge in [-0.15, -0.1) is 11.3 Å². The molecular weight excluding hydrogens is 292 g/mol. The highest BCUT2D eigenvalue weighted by atomic mass is 79.9. The molecule has 0 fully saturated rings. The van der Waals surface area contributed by atoms with E-state index in [2.05, 4.69) is 25.9 Å². The Labute approximate surface area is 104 Å². The third-order valence-corrected chi connectivity index (χ3v) is 3.53. The van der Waals surface area contributed by atoms with E-state index >= 15 is 0 Å². The van der Waals surface area contributed by atoms with Crippen LogP contribution in [0.4, 0.5) is 0 Å². The molecule has 4 nitrogen and oxygen atoms in total. The van der Waals surface area contributed by atoms with Crippen molar-refractivity contribution < 1.29 is 9.90 Å². The number of aliphatic carboxylic acids is 1. The molecule has 2 aromatic heterocycles. The molecule has 0 atom stereocenters. The average Bonchev–Trinajstić information content (AvgIpc) is 2.65. The van der Waals surface area contributed by atoms with E-state index in [-0.39, 0.29) is 6.42 Å². The van der Waals surface area contributed by atoms with E-state index in [4.69, 9.17) is 5.11 Å². The summed E-state index contributed by atoms with van der Waals surface area (Å²) in [4.78, 5) is 19.8. The monoisotopic (exact) mass is 298 g/mol. The number of thiophene rings is 1. The van der Waals surface area contributed by atoms with Crippen LogP contribution in [0.1, 0.15) is 5.69 Å². The second kappa shape index (κ2) is 4.71. The molecular formula is C10H7BrN2O2S. The zero-order valence-corrected chi connectivity index (χ0v) is 10.5. The van der Waals surface area contributed by atoms with Crippen LogP contribution in [0.2, 0.25) is 0 Å². The fourth-order valence-corrected chi connectivity index (χ4v) is 2.69. The van der Waals surface area contributed by atoms with Crippen molar-refractivity contribution in [2.45, 2.75) is 6.42 Å². The van der Waals surface area contributed by atoms with Crippen LogP contribution < -0.4 is 0 Å². The van der Waals surface area contributed by atoms with Crippen molar-refractivity contribution in [2.24, 2.45) is 0 Å². The first kappa shape index (κ1) is 11.2. The van der Waals surface area contributed by atoms with E-state index in [1.165, 1.54) is 17.5 Å². The number of carboxylic acids is 1. The van der Waals surface area contributed by atoms with Gasteiger partial charge in [-0.25, -0.2) is 0 Å². The van der Waals surface area contributed by atoms with Gasteiger partial charge in [-0.05, 0) is 28.1 Å². The lowest BCUT2D eigenvalue weighted by atomic mass is 10.2. The van der Waals surface area contributed by atoms with Gasteiger partial charge in [-0.3, -0.25) is 14.8 Å². The molecule has 0 bridgehead atoms. The largest absolute Gasteiger partial charge is 0.481 e.